The van der Waals surface area contributed by atoms with Crippen LogP contribution in [-0.2, 0) is 0 Å². The fourth-order valence-electron chi connectivity index (χ4n) is 2.57. The first-order chi connectivity index (χ1) is 10.1. The zero-order chi connectivity index (χ0) is 14.8. The van der Waals surface area contributed by atoms with Gasteiger partial charge in [0.1, 0.15) is 0 Å². The molecule has 21 heavy (non-hydrogen) atoms. The highest BCUT2D eigenvalue weighted by atomic mass is 35.5. The van der Waals surface area contributed by atoms with Gasteiger partial charge in [-0.25, -0.2) is 0 Å². The van der Waals surface area contributed by atoms with Crippen LogP contribution in [0.15, 0.2) is 59.6 Å². The fourth-order valence-corrected chi connectivity index (χ4v) is 2.95. The van der Waals surface area contributed by atoms with Gasteiger partial charge in [-0.3, -0.25) is 0 Å². The van der Waals surface area contributed by atoms with Crippen molar-refractivity contribution in [3.05, 3.63) is 88.3 Å². The van der Waals surface area contributed by atoms with E-state index in [-0.39, 0.29) is 0 Å². The third-order valence-corrected chi connectivity index (χ3v) is 4.25. The van der Waals surface area contributed by atoms with E-state index < -0.39 is 0 Å². The zero-order valence-corrected chi connectivity index (χ0v) is 13.1. The average molecular weight is 294 g/mol. The standard InChI is InChI=1S/C20H18Cl/c1-14-6-10-16(11-7-14)18-4-3-5-19(20(18)21)17-12-8-15(2)9-13-17/h4-13H,3H2,1-2H3. The SMILES string of the molecule is Cc1ccc(C2=CC[CH]C(c3ccc(C)cc3)=C2Cl)cc1. The van der Waals surface area contributed by atoms with Gasteiger partial charge in [0.15, 0.2) is 0 Å². The first-order valence-corrected chi connectivity index (χ1v) is 7.60. The lowest BCUT2D eigenvalue weighted by Gasteiger charge is -2.18. The van der Waals surface area contributed by atoms with Gasteiger partial charge in [0, 0.05) is 0 Å². The minimum atomic E-state index is 0.842. The number of rotatable bonds is 2. The molecular weight excluding hydrogens is 276 g/mol. The lowest BCUT2D eigenvalue weighted by atomic mass is 9.90. The first kappa shape index (κ1) is 14.2. The van der Waals surface area contributed by atoms with Crippen molar-refractivity contribution in [1.29, 1.82) is 0 Å². The molecule has 0 heterocycles. The van der Waals surface area contributed by atoms with E-state index in [1.807, 2.05) is 0 Å². The highest BCUT2D eigenvalue weighted by molar-refractivity contribution is 6.40. The minimum Gasteiger partial charge on any atom is -0.0833 e. The Bertz CT molecular complexity index is 701. The summed E-state index contributed by atoms with van der Waals surface area (Å²) in [4.78, 5) is 0. The molecule has 1 radical (unpaired) electrons. The molecule has 0 N–H and O–H groups in total. The Morgan fingerprint density at radius 2 is 1.29 bits per heavy atom. The summed E-state index contributed by atoms with van der Waals surface area (Å²) in [6.45, 7) is 4.20. The van der Waals surface area contributed by atoms with Crippen molar-refractivity contribution in [2.45, 2.75) is 20.3 Å². The molecule has 0 saturated carbocycles. The number of aryl methyl sites for hydroxylation is 2. The molecule has 3 rings (SSSR count). The van der Waals surface area contributed by atoms with Crippen LogP contribution in [0.5, 0.6) is 0 Å². The first-order valence-electron chi connectivity index (χ1n) is 7.23. The molecule has 0 unspecified atom stereocenters. The van der Waals surface area contributed by atoms with Crippen molar-refractivity contribution in [1.82, 2.24) is 0 Å². The van der Waals surface area contributed by atoms with Gasteiger partial charge in [0.05, 0.1) is 5.03 Å². The molecule has 1 heteroatoms. The van der Waals surface area contributed by atoms with Crippen molar-refractivity contribution in [2.24, 2.45) is 0 Å². The van der Waals surface area contributed by atoms with Gasteiger partial charge in [-0.15, -0.1) is 0 Å². The second kappa shape index (κ2) is 5.91. The summed E-state index contributed by atoms with van der Waals surface area (Å²) in [5.74, 6) is 0. The van der Waals surface area contributed by atoms with E-state index in [0.29, 0.717) is 0 Å². The van der Waals surface area contributed by atoms with E-state index >= 15 is 0 Å². The van der Waals surface area contributed by atoms with Gasteiger partial charge in [0.25, 0.3) is 0 Å². The predicted octanol–water partition coefficient (Wildman–Crippen LogP) is 5.94. The molecule has 0 bridgehead atoms. The van der Waals surface area contributed by atoms with Gasteiger partial charge in [-0.2, -0.15) is 0 Å². The largest absolute Gasteiger partial charge is 0.0833 e. The second-order valence-corrected chi connectivity index (χ2v) is 5.90. The molecule has 0 amide bonds. The van der Waals surface area contributed by atoms with Gasteiger partial charge in [0.2, 0.25) is 0 Å². The maximum absolute atomic E-state index is 6.68. The molecule has 0 nitrogen and oxygen atoms in total. The third kappa shape index (κ3) is 2.96. The second-order valence-electron chi connectivity index (χ2n) is 5.52. The Morgan fingerprint density at radius 1 is 0.762 bits per heavy atom. The molecule has 1 aliphatic carbocycles. The summed E-state index contributed by atoms with van der Waals surface area (Å²) in [5, 5.41) is 0.842. The smallest absolute Gasteiger partial charge is 0.0522 e. The van der Waals surface area contributed by atoms with Crippen molar-refractivity contribution >= 4 is 22.7 Å². The molecule has 0 fully saturated rings. The van der Waals surface area contributed by atoms with Crippen molar-refractivity contribution in [3.63, 3.8) is 0 Å². The molecule has 2 aromatic carbocycles. The normalized spacial score (nSPS) is 15.1. The van der Waals surface area contributed by atoms with Crippen LogP contribution in [0.2, 0.25) is 0 Å². The van der Waals surface area contributed by atoms with Gasteiger partial charge < -0.3 is 0 Å². The van der Waals surface area contributed by atoms with Crippen LogP contribution in [0.4, 0.5) is 0 Å². The zero-order valence-electron chi connectivity index (χ0n) is 12.4. The summed E-state index contributed by atoms with van der Waals surface area (Å²) in [7, 11) is 0. The van der Waals surface area contributed by atoms with Crippen LogP contribution < -0.4 is 0 Å². The predicted molar refractivity (Wildman–Crippen MR) is 92.0 cm³/mol. The van der Waals surface area contributed by atoms with Crippen LogP contribution in [0.25, 0.3) is 11.1 Å². The van der Waals surface area contributed by atoms with Crippen molar-refractivity contribution in [3.8, 4) is 0 Å². The maximum Gasteiger partial charge on any atom is 0.0522 e. The van der Waals surface area contributed by atoms with E-state index in [1.54, 1.807) is 0 Å². The summed E-state index contributed by atoms with van der Waals surface area (Å²) in [5.41, 5.74) is 7.16. The maximum atomic E-state index is 6.68. The third-order valence-electron chi connectivity index (χ3n) is 3.84. The van der Waals surface area contributed by atoms with E-state index in [2.05, 4.69) is 74.9 Å². The van der Waals surface area contributed by atoms with Crippen molar-refractivity contribution < 1.29 is 0 Å². The fraction of sp³-hybridized carbons (Fsp3) is 0.150. The van der Waals surface area contributed by atoms with E-state index in [4.69, 9.17) is 11.6 Å². The lowest BCUT2D eigenvalue weighted by Crippen LogP contribution is -1.98. The molecule has 1 aliphatic rings. The van der Waals surface area contributed by atoms with Crippen LogP contribution in [-0.4, -0.2) is 0 Å². The number of benzene rings is 2. The Hall–Kier alpha value is -1.79. The van der Waals surface area contributed by atoms with Crippen LogP contribution >= 0.6 is 11.6 Å². The summed E-state index contributed by atoms with van der Waals surface area (Å²) in [6, 6.07) is 17.1. The summed E-state index contributed by atoms with van der Waals surface area (Å²) >= 11 is 6.68. The number of hydrogen-bond acceptors (Lipinski definition) is 0. The molecule has 0 aromatic heterocycles. The monoisotopic (exact) mass is 293 g/mol. The Balaban J connectivity index is 2.02. The Morgan fingerprint density at radius 3 is 1.86 bits per heavy atom. The average Bonchev–Trinajstić information content (AvgIpc) is 2.50. The Labute approximate surface area is 131 Å². The van der Waals surface area contributed by atoms with E-state index in [0.717, 1.165) is 22.6 Å². The molecular formula is C20H18Cl. The highest BCUT2D eigenvalue weighted by Crippen LogP contribution is 2.39. The number of halogens is 1. The molecule has 2 aromatic rings. The summed E-state index contributed by atoms with van der Waals surface area (Å²) in [6.07, 6.45) is 5.32. The molecule has 0 saturated heterocycles. The van der Waals surface area contributed by atoms with Crippen LogP contribution in [0, 0.1) is 20.3 Å². The molecule has 0 atom stereocenters. The summed E-state index contributed by atoms with van der Waals surface area (Å²) < 4.78 is 0. The lowest BCUT2D eigenvalue weighted by molar-refractivity contribution is 1.27. The molecule has 105 valence electrons. The van der Waals surface area contributed by atoms with E-state index in [1.165, 1.54) is 22.3 Å². The topological polar surface area (TPSA) is 0 Å². The highest BCUT2D eigenvalue weighted by Gasteiger charge is 2.17. The van der Waals surface area contributed by atoms with Gasteiger partial charge >= 0.3 is 0 Å². The molecule has 0 spiro atoms. The number of hydrogen-bond donors (Lipinski definition) is 0. The minimum absolute atomic E-state index is 0.842. The van der Waals surface area contributed by atoms with E-state index in [9.17, 15) is 0 Å². The number of allylic oxidation sites excluding steroid dienone is 4. The van der Waals surface area contributed by atoms with Crippen molar-refractivity contribution in [2.75, 3.05) is 0 Å². The van der Waals surface area contributed by atoms with Crippen LogP contribution in [0.3, 0.4) is 0 Å². The van der Waals surface area contributed by atoms with Gasteiger partial charge in [-0.1, -0.05) is 77.3 Å². The Kier molecular flexibility index (Phi) is 3.98. The van der Waals surface area contributed by atoms with Crippen LogP contribution in [0.1, 0.15) is 28.7 Å². The quantitative estimate of drug-likeness (QED) is 0.642. The van der Waals surface area contributed by atoms with Gasteiger partial charge in [-0.05, 0) is 49.0 Å². The molecule has 0 aliphatic heterocycles.